The van der Waals surface area contributed by atoms with Crippen molar-refractivity contribution in [2.24, 2.45) is 0 Å². The molecule has 0 saturated heterocycles. The zero-order chi connectivity index (χ0) is 39.6. The number of nitrogens with zero attached hydrogens (tertiary/aromatic N) is 5. The van der Waals surface area contributed by atoms with Crippen molar-refractivity contribution in [3.8, 4) is 62.2 Å². The van der Waals surface area contributed by atoms with Gasteiger partial charge in [0.15, 0.2) is 23.1 Å². The van der Waals surface area contributed by atoms with Gasteiger partial charge in [-0.3, -0.25) is 0 Å². The number of hydrogen-bond donors (Lipinski definition) is 0. The minimum absolute atomic E-state index is 0.567. The second-order valence-corrected chi connectivity index (χ2v) is 15.0. The maximum absolute atomic E-state index is 6.68. The van der Waals surface area contributed by atoms with Gasteiger partial charge in [-0.25, -0.2) is 19.9 Å². The molecule has 0 radical (unpaired) electrons. The van der Waals surface area contributed by atoms with E-state index >= 15 is 0 Å². The minimum atomic E-state index is 0.567. The highest BCUT2D eigenvalue weighted by Crippen LogP contribution is 2.41. The third-order valence-corrected chi connectivity index (χ3v) is 11.4. The third kappa shape index (κ3) is 5.57. The largest absolute Gasteiger partial charge is 0.454 e. The van der Waals surface area contributed by atoms with Gasteiger partial charge in [-0.1, -0.05) is 152 Å². The lowest BCUT2D eigenvalue weighted by atomic mass is 9.98. The predicted molar refractivity (Wildman–Crippen MR) is 244 cm³/mol. The number of fused-ring (bicyclic) bond motifs is 8. The Morgan fingerprint density at radius 1 is 0.350 bits per heavy atom. The Hall–Kier alpha value is -8.22. The van der Waals surface area contributed by atoms with E-state index in [1.165, 1.54) is 10.8 Å². The number of benzene rings is 8. The molecule has 0 amide bonds. The van der Waals surface area contributed by atoms with E-state index in [-0.39, 0.29) is 0 Å². The van der Waals surface area contributed by atoms with Crippen LogP contribution in [0.5, 0.6) is 0 Å². The van der Waals surface area contributed by atoms with Gasteiger partial charge >= 0.3 is 0 Å². The van der Waals surface area contributed by atoms with Crippen molar-refractivity contribution < 1.29 is 4.42 Å². The topological polar surface area (TPSA) is 69.6 Å². The normalized spacial score (nSPS) is 11.7. The summed E-state index contributed by atoms with van der Waals surface area (Å²) in [4.78, 5) is 20.7. The van der Waals surface area contributed by atoms with E-state index in [2.05, 4.69) is 150 Å². The molecule has 12 rings (SSSR count). The molecule has 0 unspecified atom stereocenters. The number of pyridine rings is 1. The molecule has 6 heteroatoms. The van der Waals surface area contributed by atoms with Gasteiger partial charge in [0.2, 0.25) is 0 Å². The van der Waals surface area contributed by atoms with E-state index in [4.69, 9.17) is 24.4 Å². The maximum Gasteiger partial charge on any atom is 0.164 e. The Morgan fingerprint density at radius 3 is 1.62 bits per heavy atom. The Bertz CT molecular complexity index is 3560. The zero-order valence-electron chi connectivity index (χ0n) is 32.2. The zero-order valence-corrected chi connectivity index (χ0v) is 32.2. The number of furan rings is 1. The van der Waals surface area contributed by atoms with Crippen molar-refractivity contribution in [2.45, 2.75) is 0 Å². The van der Waals surface area contributed by atoms with Crippen molar-refractivity contribution in [2.75, 3.05) is 0 Å². The number of rotatable bonds is 6. The van der Waals surface area contributed by atoms with Gasteiger partial charge in [0.05, 0.1) is 16.6 Å². The van der Waals surface area contributed by atoms with Gasteiger partial charge in [0.1, 0.15) is 11.3 Å². The van der Waals surface area contributed by atoms with E-state index in [0.29, 0.717) is 17.5 Å². The van der Waals surface area contributed by atoms with Crippen LogP contribution in [0.25, 0.3) is 117 Å². The standard InChI is InChI=1S/C54H33N5O/c1-3-15-34(16-4-1)36-29-30-45-44(33-36)49-43-25-9-12-28-48(43)60-51(49)50(55-45)37-19-13-20-38(31-37)53-56-52(35-17-5-2-6-18-35)57-54(58-53)39-21-14-22-40(32-39)59-46-26-10-7-23-41(46)42-24-8-11-27-47(42)59/h1-33H. The quantitative estimate of drug-likeness (QED) is 0.168. The van der Waals surface area contributed by atoms with E-state index in [9.17, 15) is 0 Å². The van der Waals surface area contributed by atoms with Crippen molar-refractivity contribution in [1.82, 2.24) is 24.5 Å². The van der Waals surface area contributed by atoms with Crippen LogP contribution in [0, 0.1) is 0 Å². The fourth-order valence-electron chi connectivity index (χ4n) is 8.63. The van der Waals surface area contributed by atoms with Crippen molar-refractivity contribution in [1.29, 1.82) is 0 Å². The highest BCUT2D eigenvalue weighted by molar-refractivity contribution is 6.21. The summed E-state index contributed by atoms with van der Waals surface area (Å²) in [5, 5.41) is 5.58. The van der Waals surface area contributed by atoms with E-state index in [1.54, 1.807) is 0 Å². The highest BCUT2D eigenvalue weighted by atomic mass is 16.3. The average molecular weight is 768 g/mol. The molecule has 0 spiro atoms. The van der Waals surface area contributed by atoms with Crippen LogP contribution in [0.2, 0.25) is 0 Å². The summed E-state index contributed by atoms with van der Waals surface area (Å²) in [6.45, 7) is 0. The molecule has 60 heavy (non-hydrogen) atoms. The van der Waals surface area contributed by atoms with Gasteiger partial charge in [0, 0.05) is 54.9 Å². The van der Waals surface area contributed by atoms with Crippen LogP contribution >= 0.6 is 0 Å². The summed E-state index contributed by atoms with van der Waals surface area (Å²) in [5.41, 5.74) is 12.4. The maximum atomic E-state index is 6.68. The Kier molecular flexibility index (Phi) is 7.74. The van der Waals surface area contributed by atoms with E-state index in [0.717, 1.165) is 88.6 Å². The van der Waals surface area contributed by atoms with Crippen molar-refractivity contribution in [3.05, 3.63) is 200 Å². The first-order valence-electron chi connectivity index (χ1n) is 20.1. The van der Waals surface area contributed by atoms with E-state index in [1.807, 2.05) is 54.6 Å². The summed E-state index contributed by atoms with van der Waals surface area (Å²) < 4.78 is 9.00. The molecule has 0 atom stereocenters. The summed E-state index contributed by atoms with van der Waals surface area (Å²) >= 11 is 0. The Labute approximate surface area is 344 Å². The lowest BCUT2D eigenvalue weighted by Crippen LogP contribution is -2.01. The second-order valence-electron chi connectivity index (χ2n) is 15.0. The van der Waals surface area contributed by atoms with Crippen LogP contribution in [0.15, 0.2) is 205 Å². The molecule has 0 bridgehead atoms. The van der Waals surface area contributed by atoms with Gasteiger partial charge in [-0.2, -0.15) is 0 Å². The second kappa shape index (κ2) is 13.7. The molecule has 6 nitrogen and oxygen atoms in total. The molecule has 280 valence electrons. The summed E-state index contributed by atoms with van der Waals surface area (Å²) in [6, 6.07) is 69.1. The van der Waals surface area contributed by atoms with Crippen LogP contribution < -0.4 is 0 Å². The number of aromatic nitrogens is 5. The monoisotopic (exact) mass is 767 g/mol. The van der Waals surface area contributed by atoms with Crippen LogP contribution in [-0.4, -0.2) is 24.5 Å². The lowest BCUT2D eigenvalue weighted by molar-refractivity contribution is 0.669. The van der Waals surface area contributed by atoms with Gasteiger partial charge < -0.3 is 8.98 Å². The number of hydrogen-bond acceptors (Lipinski definition) is 5. The molecule has 0 saturated carbocycles. The van der Waals surface area contributed by atoms with Gasteiger partial charge in [-0.15, -0.1) is 0 Å². The van der Waals surface area contributed by atoms with E-state index < -0.39 is 0 Å². The molecule has 8 aromatic carbocycles. The SMILES string of the molecule is c1ccc(-c2ccc3nc(-c4cccc(-c5nc(-c6ccccc6)nc(-c6cccc(-n7c8ccccc8c8ccccc87)c6)n5)c4)c4oc5ccccc5c4c3c2)cc1. The Balaban J connectivity index is 1.02. The fraction of sp³-hybridized carbons (Fsp3) is 0. The van der Waals surface area contributed by atoms with Gasteiger partial charge in [-0.05, 0) is 59.7 Å². The highest BCUT2D eigenvalue weighted by Gasteiger charge is 2.20. The average Bonchev–Trinajstić information content (AvgIpc) is 3.88. The molecule has 12 aromatic rings. The third-order valence-electron chi connectivity index (χ3n) is 11.4. The first kappa shape index (κ1) is 33.9. The molecule has 4 heterocycles. The molecule has 0 aliphatic carbocycles. The van der Waals surface area contributed by atoms with Crippen molar-refractivity contribution in [3.63, 3.8) is 0 Å². The Morgan fingerprint density at radius 2 is 0.900 bits per heavy atom. The molecule has 0 fully saturated rings. The molecule has 0 aliphatic rings. The molecule has 0 N–H and O–H groups in total. The van der Waals surface area contributed by atoms with Crippen LogP contribution in [0.4, 0.5) is 0 Å². The summed E-state index contributed by atoms with van der Waals surface area (Å²) in [6.07, 6.45) is 0. The first-order chi connectivity index (χ1) is 29.7. The number of para-hydroxylation sites is 3. The molecular weight excluding hydrogens is 735 g/mol. The summed E-state index contributed by atoms with van der Waals surface area (Å²) in [7, 11) is 0. The van der Waals surface area contributed by atoms with Crippen LogP contribution in [0.1, 0.15) is 0 Å². The van der Waals surface area contributed by atoms with Crippen LogP contribution in [-0.2, 0) is 0 Å². The molecular formula is C54H33N5O. The van der Waals surface area contributed by atoms with Gasteiger partial charge in [0.25, 0.3) is 0 Å². The predicted octanol–water partition coefficient (Wildman–Crippen LogP) is 13.8. The first-order valence-corrected chi connectivity index (χ1v) is 20.1. The smallest absolute Gasteiger partial charge is 0.164 e. The summed E-state index contributed by atoms with van der Waals surface area (Å²) in [5.74, 6) is 1.75. The van der Waals surface area contributed by atoms with Crippen molar-refractivity contribution >= 4 is 54.6 Å². The lowest BCUT2D eigenvalue weighted by Gasteiger charge is -2.12. The molecule has 0 aliphatic heterocycles. The van der Waals surface area contributed by atoms with Crippen LogP contribution in [0.3, 0.4) is 0 Å². The fourth-order valence-corrected chi connectivity index (χ4v) is 8.63. The minimum Gasteiger partial charge on any atom is -0.454 e. The molecule has 4 aromatic heterocycles.